The number of nitrogens with zero attached hydrogens (tertiary/aromatic N) is 3. The molecule has 2 aliphatic heterocycles. The van der Waals surface area contributed by atoms with Gasteiger partial charge in [0.05, 0.1) is 6.10 Å². The minimum Gasteiger partial charge on any atom is -0.412 e. The molecule has 0 aromatic heterocycles. The SMILES string of the molecule is CC1C(=O)N(CCCN2CCC3(CC3)C(O[Si](C)(C)C(C)(C)C)C2)CCN1c1cccc(I)c1. The van der Waals surface area contributed by atoms with Gasteiger partial charge in [-0.1, -0.05) is 26.8 Å². The Bertz CT molecular complexity index is 883. The fourth-order valence-electron chi connectivity index (χ4n) is 5.34. The van der Waals surface area contributed by atoms with E-state index < -0.39 is 8.32 Å². The molecular formula is C27H44IN3O2Si. The highest BCUT2D eigenvalue weighted by Gasteiger charge is 2.54. The predicted molar refractivity (Wildman–Crippen MR) is 152 cm³/mol. The van der Waals surface area contributed by atoms with Gasteiger partial charge in [0.2, 0.25) is 5.91 Å². The molecule has 1 aliphatic carbocycles. The van der Waals surface area contributed by atoms with Crippen molar-refractivity contribution in [3.8, 4) is 0 Å². The first-order chi connectivity index (χ1) is 15.9. The molecule has 2 atom stereocenters. The Labute approximate surface area is 221 Å². The lowest BCUT2D eigenvalue weighted by Gasteiger charge is -2.46. The van der Waals surface area contributed by atoms with Gasteiger partial charge in [-0.05, 0) is 110 Å². The molecule has 34 heavy (non-hydrogen) atoms. The van der Waals surface area contributed by atoms with E-state index in [4.69, 9.17) is 4.43 Å². The normalized spacial score (nSPS) is 25.8. The first-order valence-electron chi connectivity index (χ1n) is 13.1. The average molecular weight is 598 g/mol. The van der Waals surface area contributed by atoms with Crippen LogP contribution in [0, 0.1) is 8.99 Å². The Morgan fingerprint density at radius 2 is 1.85 bits per heavy atom. The Kier molecular flexibility index (Phi) is 7.78. The Morgan fingerprint density at radius 1 is 1.12 bits per heavy atom. The standard InChI is InChI=1S/C27H44IN3O2Si/c1-21-25(32)30(17-18-31(21)23-10-7-9-22(28)19-23)15-8-14-29-16-13-27(11-12-27)24(20-29)33-34(5,6)26(2,3)4/h7,9-10,19,21,24H,8,11-18,20H2,1-6H3. The summed E-state index contributed by atoms with van der Waals surface area (Å²) in [6.07, 6.45) is 5.40. The van der Waals surface area contributed by atoms with Gasteiger partial charge in [0.15, 0.2) is 8.32 Å². The fourth-order valence-corrected chi connectivity index (χ4v) is 7.25. The summed E-state index contributed by atoms with van der Waals surface area (Å²) in [6, 6.07) is 8.37. The molecule has 1 aromatic rings. The number of piperazine rings is 1. The minimum absolute atomic E-state index is 0.0981. The van der Waals surface area contributed by atoms with Crippen LogP contribution in [-0.2, 0) is 9.22 Å². The van der Waals surface area contributed by atoms with Crippen molar-refractivity contribution in [3.05, 3.63) is 27.8 Å². The van der Waals surface area contributed by atoms with Crippen LogP contribution in [0.3, 0.4) is 0 Å². The van der Waals surface area contributed by atoms with Crippen molar-refractivity contribution in [2.75, 3.05) is 44.2 Å². The lowest BCUT2D eigenvalue weighted by molar-refractivity contribution is -0.134. The van der Waals surface area contributed by atoms with Gasteiger partial charge in [0.25, 0.3) is 0 Å². The van der Waals surface area contributed by atoms with Crippen LogP contribution < -0.4 is 4.90 Å². The summed E-state index contributed by atoms with van der Waals surface area (Å²) in [5, 5.41) is 0.253. The van der Waals surface area contributed by atoms with Crippen molar-refractivity contribution in [2.45, 2.75) is 83.7 Å². The zero-order valence-electron chi connectivity index (χ0n) is 22.1. The summed E-state index contributed by atoms with van der Waals surface area (Å²) < 4.78 is 8.18. The van der Waals surface area contributed by atoms with E-state index in [0.29, 0.717) is 11.5 Å². The predicted octanol–water partition coefficient (Wildman–Crippen LogP) is 5.59. The molecule has 2 heterocycles. The van der Waals surface area contributed by atoms with Crippen molar-refractivity contribution < 1.29 is 9.22 Å². The number of carbonyl (C=O) groups is 1. The molecule has 1 spiro atoms. The second kappa shape index (κ2) is 10.0. The molecule has 3 aliphatic rings. The van der Waals surface area contributed by atoms with Gasteiger partial charge in [-0.3, -0.25) is 4.79 Å². The maximum Gasteiger partial charge on any atom is 0.245 e. The largest absolute Gasteiger partial charge is 0.412 e. The molecule has 0 radical (unpaired) electrons. The van der Waals surface area contributed by atoms with E-state index in [9.17, 15) is 4.79 Å². The summed E-state index contributed by atoms with van der Waals surface area (Å²) >= 11 is 2.34. The second-order valence-corrected chi connectivity index (χ2v) is 18.3. The van der Waals surface area contributed by atoms with Crippen molar-refractivity contribution in [2.24, 2.45) is 5.41 Å². The zero-order valence-corrected chi connectivity index (χ0v) is 25.2. The topological polar surface area (TPSA) is 36.0 Å². The smallest absolute Gasteiger partial charge is 0.245 e. The lowest BCUT2D eigenvalue weighted by atomic mass is 9.90. The van der Waals surface area contributed by atoms with E-state index in [1.807, 2.05) is 0 Å². The van der Waals surface area contributed by atoms with Crippen LogP contribution in [-0.4, -0.2) is 75.4 Å². The molecule has 190 valence electrons. The van der Waals surface area contributed by atoms with E-state index in [2.05, 4.69) is 102 Å². The lowest BCUT2D eigenvalue weighted by Crippen LogP contribution is -2.56. The number of hydrogen-bond donors (Lipinski definition) is 0. The third kappa shape index (κ3) is 5.68. The number of anilines is 1. The molecule has 4 rings (SSSR count). The number of carbonyl (C=O) groups excluding carboxylic acids is 1. The van der Waals surface area contributed by atoms with Crippen LogP contribution in [0.5, 0.6) is 0 Å². The monoisotopic (exact) mass is 597 g/mol. The van der Waals surface area contributed by atoms with Gasteiger partial charge in [0.1, 0.15) is 6.04 Å². The molecule has 7 heteroatoms. The highest BCUT2D eigenvalue weighted by atomic mass is 127. The third-order valence-corrected chi connectivity index (χ3v) is 14.1. The van der Waals surface area contributed by atoms with Gasteiger partial charge < -0.3 is 19.1 Å². The number of hydrogen-bond acceptors (Lipinski definition) is 4. The molecule has 1 aromatic carbocycles. The maximum absolute atomic E-state index is 13.1. The number of piperidine rings is 1. The van der Waals surface area contributed by atoms with Crippen LogP contribution in [0.15, 0.2) is 24.3 Å². The third-order valence-electron chi connectivity index (χ3n) is 8.96. The summed E-state index contributed by atoms with van der Waals surface area (Å²) in [7, 11) is -1.77. The number of halogens is 1. The molecule has 5 nitrogen and oxygen atoms in total. The van der Waals surface area contributed by atoms with Gasteiger partial charge >= 0.3 is 0 Å². The van der Waals surface area contributed by atoms with Gasteiger partial charge in [-0.25, -0.2) is 0 Å². The first-order valence-corrected chi connectivity index (χ1v) is 17.1. The highest BCUT2D eigenvalue weighted by Crippen LogP contribution is 2.56. The van der Waals surface area contributed by atoms with Crippen LogP contribution in [0.25, 0.3) is 0 Å². The second-order valence-electron chi connectivity index (χ2n) is 12.3. The van der Waals surface area contributed by atoms with Gasteiger partial charge in [-0.15, -0.1) is 0 Å². The summed E-state index contributed by atoms with van der Waals surface area (Å²) in [4.78, 5) is 20.1. The summed E-state index contributed by atoms with van der Waals surface area (Å²) in [5.41, 5.74) is 1.62. The molecule has 0 N–H and O–H groups in total. The first kappa shape index (κ1) is 26.4. The molecule has 1 amide bonds. The minimum atomic E-state index is -1.77. The van der Waals surface area contributed by atoms with Crippen molar-refractivity contribution >= 4 is 42.5 Å². The molecule has 2 unspecified atom stereocenters. The van der Waals surface area contributed by atoms with Gasteiger partial charge in [-0.2, -0.15) is 0 Å². The van der Waals surface area contributed by atoms with Crippen LogP contribution >= 0.6 is 22.6 Å². The number of benzene rings is 1. The summed E-state index contributed by atoms with van der Waals surface area (Å²) in [5.74, 6) is 0.264. The van der Waals surface area contributed by atoms with Crippen molar-refractivity contribution in [1.82, 2.24) is 9.80 Å². The molecule has 1 saturated carbocycles. The van der Waals surface area contributed by atoms with Crippen LogP contribution in [0.2, 0.25) is 18.1 Å². The Balaban J connectivity index is 1.28. The molecule has 0 bridgehead atoms. The quantitative estimate of drug-likeness (QED) is 0.303. The highest BCUT2D eigenvalue weighted by molar-refractivity contribution is 14.1. The van der Waals surface area contributed by atoms with Crippen LogP contribution in [0.4, 0.5) is 5.69 Å². The van der Waals surface area contributed by atoms with E-state index in [-0.39, 0.29) is 17.0 Å². The maximum atomic E-state index is 13.1. The average Bonchev–Trinajstić information content (AvgIpc) is 3.53. The molecular weight excluding hydrogens is 553 g/mol. The zero-order chi connectivity index (χ0) is 24.7. The number of rotatable bonds is 7. The number of amides is 1. The van der Waals surface area contributed by atoms with Crippen molar-refractivity contribution in [3.63, 3.8) is 0 Å². The van der Waals surface area contributed by atoms with Crippen LogP contribution in [0.1, 0.15) is 53.4 Å². The van der Waals surface area contributed by atoms with E-state index in [1.54, 1.807) is 0 Å². The molecule has 2 saturated heterocycles. The fraction of sp³-hybridized carbons (Fsp3) is 0.741. The number of likely N-dealkylation sites (tertiary alicyclic amines) is 1. The molecule has 3 fully saturated rings. The summed E-state index contributed by atoms with van der Waals surface area (Å²) in [6.45, 7) is 19.8. The Hall–Kier alpha value is -0.643. The van der Waals surface area contributed by atoms with Gasteiger partial charge in [0, 0.05) is 35.4 Å². The van der Waals surface area contributed by atoms with E-state index >= 15 is 0 Å². The Morgan fingerprint density at radius 3 is 2.50 bits per heavy atom. The van der Waals surface area contributed by atoms with E-state index in [1.165, 1.54) is 29.4 Å². The van der Waals surface area contributed by atoms with E-state index in [0.717, 1.165) is 44.8 Å². The van der Waals surface area contributed by atoms with Crippen molar-refractivity contribution in [1.29, 1.82) is 0 Å².